The Morgan fingerprint density at radius 2 is 1.90 bits per heavy atom. The molecule has 1 aromatic carbocycles. The molecular weight excluding hydrogens is 252 g/mol. The van der Waals surface area contributed by atoms with Crippen LogP contribution < -0.4 is 15.2 Å². The number of rotatable bonds is 8. The molecule has 4 heteroatoms. The third kappa shape index (κ3) is 5.02. The van der Waals surface area contributed by atoms with E-state index in [4.69, 9.17) is 15.2 Å². The number of likely N-dealkylation sites (N-methyl/N-ethyl adjacent to an activating group) is 1. The fraction of sp³-hybridized carbons (Fsp3) is 0.625. The van der Waals surface area contributed by atoms with E-state index in [1.54, 1.807) is 14.2 Å². The van der Waals surface area contributed by atoms with Crippen molar-refractivity contribution in [1.82, 2.24) is 4.90 Å². The summed E-state index contributed by atoms with van der Waals surface area (Å²) in [7, 11) is 5.42. The van der Waals surface area contributed by atoms with Crippen LogP contribution in [0.25, 0.3) is 0 Å². The molecule has 2 N–H and O–H groups in total. The molecule has 1 unspecified atom stereocenters. The maximum atomic E-state index is 6.31. The lowest BCUT2D eigenvalue weighted by atomic mass is 10.0. The first-order valence-corrected chi connectivity index (χ1v) is 7.14. The number of benzene rings is 1. The fourth-order valence-corrected chi connectivity index (χ4v) is 2.13. The summed E-state index contributed by atoms with van der Waals surface area (Å²) >= 11 is 0. The van der Waals surface area contributed by atoms with Gasteiger partial charge < -0.3 is 20.1 Å². The van der Waals surface area contributed by atoms with Gasteiger partial charge in [-0.25, -0.2) is 0 Å². The van der Waals surface area contributed by atoms with Gasteiger partial charge in [0.15, 0.2) is 0 Å². The first kappa shape index (κ1) is 16.8. The number of hydrogen-bond donors (Lipinski definition) is 1. The van der Waals surface area contributed by atoms with Crippen LogP contribution in [0, 0.1) is 5.92 Å². The van der Waals surface area contributed by atoms with E-state index in [1.807, 2.05) is 18.2 Å². The third-order valence-electron chi connectivity index (χ3n) is 3.44. The van der Waals surface area contributed by atoms with Gasteiger partial charge in [0.2, 0.25) is 0 Å². The van der Waals surface area contributed by atoms with Crippen LogP contribution in [0.1, 0.15) is 31.9 Å². The third-order valence-corrected chi connectivity index (χ3v) is 3.44. The summed E-state index contributed by atoms with van der Waals surface area (Å²) in [5, 5.41) is 0. The molecule has 0 amide bonds. The molecule has 0 saturated carbocycles. The molecule has 20 heavy (non-hydrogen) atoms. The average molecular weight is 280 g/mol. The Kier molecular flexibility index (Phi) is 6.82. The van der Waals surface area contributed by atoms with Crippen molar-refractivity contribution in [2.45, 2.75) is 26.3 Å². The molecular formula is C16H28N2O2. The van der Waals surface area contributed by atoms with Crippen molar-refractivity contribution < 1.29 is 9.47 Å². The van der Waals surface area contributed by atoms with E-state index in [1.165, 1.54) is 6.42 Å². The predicted octanol–water partition coefficient (Wildman–Crippen LogP) is 2.68. The molecule has 1 rings (SSSR count). The number of hydrogen-bond acceptors (Lipinski definition) is 4. The van der Waals surface area contributed by atoms with E-state index < -0.39 is 0 Å². The molecule has 0 saturated heterocycles. The Morgan fingerprint density at radius 1 is 1.20 bits per heavy atom. The summed E-state index contributed by atoms with van der Waals surface area (Å²) in [5.74, 6) is 2.28. The molecule has 1 atom stereocenters. The van der Waals surface area contributed by atoms with Crippen LogP contribution >= 0.6 is 0 Å². The molecule has 4 nitrogen and oxygen atoms in total. The highest BCUT2D eigenvalue weighted by molar-refractivity contribution is 5.42. The Hall–Kier alpha value is -1.26. The lowest BCUT2D eigenvalue weighted by Crippen LogP contribution is -2.30. The van der Waals surface area contributed by atoms with Crippen LogP contribution in [0.5, 0.6) is 11.5 Å². The van der Waals surface area contributed by atoms with Crippen molar-refractivity contribution >= 4 is 0 Å². The second-order valence-corrected chi connectivity index (χ2v) is 5.66. The van der Waals surface area contributed by atoms with Crippen LogP contribution in [0.2, 0.25) is 0 Å². The van der Waals surface area contributed by atoms with Crippen LogP contribution in [0.15, 0.2) is 18.2 Å². The minimum atomic E-state index is -0.0620. The highest BCUT2D eigenvalue weighted by atomic mass is 16.5. The van der Waals surface area contributed by atoms with Crippen LogP contribution in [-0.4, -0.2) is 39.3 Å². The quantitative estimate of drug-likeness (QED) is 0.795. The molecule has 0 radical (unpaired) electrons. The molecule has 0 spiro atoms. The zero-order valence-electron chi connectivity index (χ0n) is 13.3. The summed E-state index contributed by atoms with van der Waals surface area (Å²) in [6.45, 7) is 6.35. The van der Waals surface area contributed by atoms with E-state index in [2.05, 4.69) is 25.8 Å². The Labute approximate surface area is 122 Å². The van der Waals surface area contributed by atoms with Crippen molar-refractivity contribution in [3.63, 3.8) is 0 Å². The number of nitrogens with zero attached hydrogens (tertiary/aromatic N) is 1. The summed E-state index contributed by atoms with van der Waals surface area (Å²) in [5.41, 5.74) is 7.33. The number of ether oxygens (including phenoxy) is 2. The van der Waals surface area contributed by atoms with Crippen LogP contribution in [0.4, 0.5) is 0 Å². The Morgan fingerprint density at radius 3 is 2.45 bits per heavy atom. The second-order valence-electron chi connectivity index (χ2n) is 5.66. The SMILES string of the molecule is COc1ccc(C(N)CN(C)CCC(C)C)c(OC)c1. The van der Waals surface area contributed by atoms with Gasteiger partial charge in [0.05, 0.1) is 14.2 Å². The van der Waals surface area contributed by atoms with E-state index in [-0.39, 0.29) is 6.04 Å². The largest absolute Gasteiger partial charge is 0.497 e. The second kappa shape index (κ2) is 8.12. The Balaban J connectivity index is 2.69. The smallest absolute Gasteiger partial charge is 0.127 e. The summed E-state index contributed by atoms with van der Waals surface area (Å²) in [6.07, 6.45) is 1.18. The highest BCUT2D eigenvalue weighted by Crippen LogP contribution is 2.28. The predicted molar refractivity (Wildman–Crippen MR) is 83.4 cm³/mol. The highest BCUT2D eigenvalue weighted by Gasteiger charge is 2.15. The zero-order valence-corrected chi connectivity index (χ0v) is 13.3. The van der Waals surface area contributed by atoms with Gasteiger partial charge in [0.25, 0.3) is 0 Å². The van der Waals surface area contributed by atoms with E-state index >= 15 is 0 Å². The fourth-order valence-electron chi connectivity index (χ4n) is 2.13. The summed E-state index contributed by atoms with van der Waals surface area (Å²) in [4.78, 5) is 2.27. The lowest BCUT2D eigenvalue weighted by Gasteiger charge is -2.23. The van der Waals surface area contributed by atoms with Gasteiger partial charge in [-0.2, -0.15) is 0 Å². The monoisotopic (exact) mass is 280 g/mol. The van der Waals surface area contributed by atoms with Gasteiger partial charge in [-0.05, 0) is 32.0 Å². The molecule has 0 aromatic heterocycles. The molecule has 1 aromatic rings. The maximum absolute atomic E-state index is 6.31. The first-order valence-electron chi connectivity index (χ1n) is 7.14. The van der Waals surface area contributed by atoms with Gasteiger partial charge in [-0.1, -0.05) is 19.9 Å². The minimum absolute atomic E-state index is 0.0620. The zero-order chi connectivity index (χ0) is 15.1. The van der Waals surface area contributed by atoms with E-state index in [0.717, 1.165) is 30.2 Å². The molecule has 0 aliphatic heterocycles. The molecule has 0 aliphatic rings. The summed E-state index contributed by atoms with van der Waals surface area (Å²) in [6, 6.07) is 5.72. The number of methoxy groups -OCH3 is 2. The van der Waals surface area contributed by atoms with Gasteiger partial charge in [-0.15, -0.1) is 0 Å². The first-order chi connectivity index (χ1) is 9.47. The molecule has 0 aliphatic carbocycles. The summed E-state index contributed by atoms with van der Waals surface area (Å²) < 4.78 is 10.6. The van der Waals surface area contributed by atoms with Crippen LogP contribution in [0.3, 0.4) is 0 Å². The van der Waals surface area contributed by atoms with Crippen molar-refractivity contribution in [2.24, 2.45) is 11.7 Å². The molecule has 0 fully saturated rings. The van der Waals surface area contributed by atoms with Gasteiger partial charge in [0.1, 0.15) is 11.5 Å². The number of nitrogens with two attached hydrogens (primary N) is 1. The molecule has 0 heterocycles. The van der Waals surface area contributed by atoms with E-state index in [9.17, 15) is 0 Å². The van der Waals surface area contributed by atoms with Crippen LogP contribution in [-0.2, 0) is 0 Å². The van der Waals surface area contributed by atoms with Crippen molar-refractivity contribution in [3.8, 4) is 11.5 Å². The van der Waals surface area contributed by atoms with Crippen molar-refractivity contribution in [3.05, 3.63) is 23.8 Å². The maximum Gasteiger partial charge on any atom is 0.127 e. The van der Waals surface area contributed by atoms with Gasteiger partial charge in [-0.3, -0.25) is 0 Å². The van der Waals surface area contributed by atoms with Gasteiger partial charge >= 0.3 is 0 Å². The average Bonchev–Trinajstić information content (AvgIpc) is 2.44. The minimum Gasteiger partial charge on any atom is -0.497 e. The van der Waals surface area contributed by atoms with Gasteiger partial charge in [0, 0.05) is 24.2 Å². The van der Waals surface area contributed by atoms with E-state index in [0.29, 0.717) is 5.92 Å². The normalized spacial score (nSPS) is 12.8. The Bertz CT molecular complexity index is 407. The molecule has 114 valence electrons. The standard InChI is InChI=1S/C16H28N2O2/c1-12(2)8-9-18(3)11-15(17)14-7-6-13(19-4)10-16(14)20-5/h6-7,10,12,15H,8-9,11,17H2,1-5H3. The van der Waals surface area contributed by atoms with Crippen molar-refractivity contribution in [1.29, 1.82) is 0 Å². The topological polar surface area (TPSA) is 47.7 Å². The van der Waals surface area contributed by atoms with Crippen molar-refractivity contribution in [2.75, 3.05) is 34.4 Å². The molecule has 0 bridgehead atoms. The lowest BCUT2D eigenvalue weighted by molar-refractivity contribution is 0.289.